The third-order valence-corrected chi connectivity index (χ3v) is 3.34. The third kappa shape index (κ3) is 3.09. The summed E-state index contributed by atoms with van der Waals surface area (Å²) in [6, 6.07) is 8.57. The highest BCUT2D eigenvalue weighted by Gasteiger charge is 2.10. The molecule has 0 amide bonds. The van der Waals surface area contributed by atoms with Crippen molar-refractivity contribution >= 4 is 5.95 Å². The number of aryl methyl sites for hydroxylation is 1. The molecule has 2 rings (SSSR count). The average Bonchev–Trinajstić information content (AvgIpc) is 2.46. The van der Waals surface area contributed by atoms with E-state index in [0.29, 0.717) is 12.5 Å². The van der Waals surface area contributed by atoms with Gasteiger partial charge in [0.05, 0.1) is 0 Å². The summed E-state index contributed by atoms with van der Waals surface area (Å²) in [7, 11) is 1.96. The fourth-order valence-electron chi connectivity index (χ4n) is 1.75. The van der Waals surface area contributed by atoms with E-state index < -0.39 is 0 Å². The van der Waals surface area contributed by atoms with Crippen molar-refractivity contribution in [3.63, 3.8) is 0 Å². The minimum Gasteiger partial charge on any atom is -0.340 e. The number of likely N-dealkylation sites (N-methyl/N-ethyl adjacent to an activating group) is 1. The fourth-order valence-corrected chi connectivity index (χ4v) is 1.75. The number of aromatic nitrogens is 2. The first-order chi connectivity index (χ1) is 9.11. The summed E-state index contributed by atoms with van der Waals surface area (Å²) in [6.45, 7) is 4.71. The van der Waals surface area contributed by atoms with Gasteiger partial charge in [-0.25, -0.2) is 9.97 Å². The topological polar surface area (TPSA) is 55.0 Å². The SMILES string of the molecule is Cc1ccc(-c2cnc(N(C)C(C)CN)nc2)cc1. The van der Waals surface area contributed by atoms with Crippen molar-refractivity contribution in [1.29, 1.82) is 0 Å². The third-order valence-electron chi connectivity index (χ3n) is 3.34. The normalized spacial score (nSPS) is 12.2. The Morgan fingerprint density at radius 2 is 1.68 bits per heavy atom. The summed E-state index contributed by atoms with van der Waals surface area (Å²) in [5.41, 5.74) is 9.05. The van der Waals surface area contributed by atoms with E-state index in [1.165, 1.54) is 5.56 Å². The van der Waals surface area contributed by atoms with Crippen molar-refractivity contribution in [1.82, 2.24) is 9.97 Å². The summed E-state index contributed by atoms with van der Waals surface area (Å²) in [5.74, 6) is 0.703. The van der Waals surface area contributed by atoms with E-state index in [2.05, 4.69) is 48.1 Å². The number of anilines is 1. The molecule has 1 atom stereocenters. The average molecular weight is 256 g/mol. The van der Waals surface area contributed by atoms with Crippen LogP contribution in [0.15, 0.2) is 36.7 Å². The smallest absolute Gasteiger partial charge is 0.225 e. The summed E-state index contributed by atoms with van der Waals surface area (Å²) >= 11 is 0. The standard InChI is InChI=1S/C15H20N4/c1-11-4-6-13(7-5-11)14-9-17-15(18-10-14)19(3)12(2)8-16/h4-7,9-10,12H,8,16H2,1-3H3. The minimum atomic E-state index is 0.227. The van der Waals surface area contributed by atoms with Crippen molar-refractivity contribution in [3.8, 4) is 11.1 Å². The Kier molecular flexibility index (Phi) is 4.12. The molecular weight excluding hydrogens is 236 g/mol. The molecule has 0 aliphatic rings. The Morgan fingerprint density at radius 1 is 1.11 bits per heavy atom. The van der Waals surface area contributed by atoms with E-state index >= 15 is 0 Å². The van der Waals surface area contributed by atoms with Crippen LogP contribution in [0.3, 0.4) is 0 Å². The van der Waals surface area contributed by atoms with Crippen LogP contribution >= 0.6 is 0 Å². The quantitative estimate of drug-likeness (QED) is 0.911. The van der Waals surface area contributed by atoms with Crippen molar-refractivity contribution in [2.24, 2.45) is 5.73 Å². The molecule has 100 valence electrons. The molecule has 1 unspecified atom stereocenters. The first-order valence-electron chi connectivity index (χ1n) is 6.44. The molecule has 4 heteroatoms. The van der Waals surface area contributed by atoms with Crippen LogP contribution in [0.25, 0.3) is 11.1 Å². The Labute approximate surface area is 114 Å². The molecule has 1 heterocycles. The van der Waals surface area contributed by atoms with Crippen LogP contribution < -0.4 is 10.6 Å². The molecule has 0 spiro atoms. The molecule has 2 N–H and O–H groups in total. The molecule has 0 fully saturated rings. The second kappa shape index (κ2) is 5.80. The van der Waals surface area contributed by atoms with E-state index in [4.69, 9.17) is 5.73 Å². The lowest BCUT2D eigenvalue weighted by Crippen LogP contribution is -2.36. The van der Waals surface area contributed by atoms with Crippen LogP contribution in [0.4, 0.5) is 5.95 Å². The lowest BCUT2D eigenvalue weighted by molar-refractivity contribution is 0.678. The molecule has 1 aromatic heterocycles. The van der Waals surface area contributed by atoms with Gasteiger partial charge in [-0.1, -0.05) is 29.8 Å². The van der Waals surface area contributed by atoms with Crippen LogP contribution in [-0.2, 0) is 0 Å². The van der Waals surface area contributed by atoms with Crippen molar-refractivity contribution in [3.05, 3.63) is 42.2 Å². The fraction of sp³-hybridized carbons (Fsp3) is 0.333. The second-order valence-corrected chi connectivity index (χ2v) is 4.83. The molecule has 0 saturated heterocycles. The summed E-state index contributed by atoms with van der Waals surface area (Å²) in [4.78, 5) is 10.8. The Balaban J connectivity index is 2.21. The molecule has 1 aromatic carbocycles. The maximum absolute atomic E-state index is 5.65. The van der Waals surface area contributed by atoms with Gasteiger partial charge in [-0.2, -0.15) is 0 Å². The predicted molar refractivity (Wildman–Crippen MR) is 79.1 cm³/mol. The number of nitrogens with two attached hydrogens (primary N) is 1. The summed E-state index contributed by atoms with van der Waals surface area (Å²) in [5, 5.41) is 0. The van der Waals surface area contributed by atoms with Crippen molar-refractivity contribution < 1.29 is 0 Å². The number of benzene rings is 1. The van der Waals surface area contributed by atoms with E-state index in [1.807, 2.05) is 24.3 Å². The van der Waals surface area contributed by atoms with E-state index in [0.717, 1.165) is 11.1 Å². The zero-order chi connectivity index (χ0) is 13.8. The van der Waals surface area contributed by atoms with Crippen LogP contribution in [0.1, 0.15) is 12.5 Å². The monoisotopic (exact) mass is 256 g/mol. The molecular formula is C15H20N4. The maximum atomic E-state index is 5.65. The molecule has 4 nitrogen and oxygen atoms in total. The van der Waals surface area contributed by atoms with Crippen LogP contribution in [-0.4, -0.2) is 29.6 Å². The highest BCUT2D eigenvalue weighted by molar-refractivity contribution is 5.62. The van der Waals surface area contributed by atoms with Crippen molar-refractivity contribution in [2.75, 3.05) is 18.5 Å². The Morgan fingerprint density at radius 3 is 2.21 bits per heavy atom. The van der Waals surface area contributed by atoms with Gasteiger partial charge >= 0.3 is 0 Å². The van der Waals surface area contributed by atoms with Gasteiger partial charge in [-0.05, 0) is 19.4 Å². The van der Waals surface area contributed by atoms with Gasteiger partial charge in [0.1, 0.15) is 0 Å². The van der Waals surface area contributed by atoms with Gasteiger partial charge in [0.2, 0.25) is 5.95 Å². The number of nitrogens with zero attached hydrogens (tertiary/aromatic N) is 3. The van der Waals surface area contributed by atoms with Gasteiger partial charge in [0.15, 0.2) is 0 Å². The van der Waals surface area contributed by atoms with Gasteiger partial charge in [-0.15, -0.1) is 0 Å². The molecule has 0 aliphatic heterocycles. The number of rotatable bonds is 4. The number of hydrogen-bond acceptors (Lipinski definition) is 4. The highest BCUT2D eigenvalue weighted by atomic mass is 15.2. The zero-order valence-electron chi connectivity index (χ0n) is 11.7. The zero-order valence-corrected chi connectivity index (χ0v) is 11.7. The molecule has 0 bridgehead atoms. The van der Waals surface area contributed by atoms with Gasteiger partial charge in [-0.3, -0.25) is 0 Å². The predicted octanol–water partition coefficient (Wildman–Crippen LogP) is 2.24. The molecule has 0 radical (unpaired) electrons. The minimum absolute atomic E-state index is 0.227. The molecule has 0 saturated carbocycles. The summed E-state index contributed by atoms with van der Waals surface area (Å²) < 4.78 is 0. The second-order valence-electron chi connectivity index (χ2n) is 4.83. The lowest BCUT2D eigenvalue weighted by atomic mass is 10.1. The first-order valence-corrected chi connectivity index (χ1v) is 6.44. The van der Waals surface area contributed by atoms with Crippen LogP contribution in [0.5, 0.6) is 0 Å². The summed E-state index contributed by atoms with van der Waals surface area (Å²) in [6.07, 6.45) is 3.71. The first kappa shape index (κ1) is 13.5. The molecule has 0 aliphatic carbocycles. The molecule has 19 heavy (non-hydrogen) atoms. The van der Waals surface area contributed by atoms with Gasteiger partial charge < -0.3 is 10.6 Å². The Hall–Kier alpha value is -1.94. The Bertz CT molecular complexity index is 519. The highest BCUT2D eigenvalue weighted by Crippen LogP contribution is 2.19. The lowest BCUT2D eigenvalue weighted by Gasteiger charge is -2.23. The van der Waals surface area contributed by atoms with Crippen LogP contribution in [0, 0.1) is 6.92 Å². The van der Waals surface area contributed by atoms with E-state index in [9.17, 15) is 0 Å². The number of hydrogen-bond donors (Lipinski definition) is 1. The van der Waals surface area contributed by atoms with Gasteiger partial charge in [0, 0.05) is 37.6 Å². The molecule has 2 aromatic rings. The van der Waals surface area contributed by atoms with Crippen molar-refractivity contribution in [2.45, 2.75) is 19.9 Å². The maximum Gasteiger partial charge on any atom is 0.225 e. The van der Waals surface area contributed by atoms with Crippen LogP contribution in [0.2, 0.25) is 0 Å². The van der Waals surface area contributed by atoms with E-state index in [1.54, 1.807) is 0 Å². The van der Waals surface area contributed by atoms with Gasteiger partial charge in [0.25, 0.3) is 0 Å². The largest absolute Gasteiger partial charge is 0.340 e. The van der Waals surface area contributed by atoms with E-state index in [-0.39, 0.29) is 6.04 Å².